The van der Waals surface area contributed by atoms with Gasteiger partial charge in [0.05, 0.1) is 25.7 Å². The molecule has 1 aromatic carbocycles. The number of ether oxygens (including phenoxy) is 2. The number of carbonyl (C=O) groups excluding carboxylic acids is 1. The average Bonchev–Trinajstić information content (AvgIpc) is 3.14. The standard InChI is InChI=1S/C18H29N3O3.2ClH/c1-23-15-7-5-6-14(10-15)17(21-8-3-4-9-21)13-20-18(22)11-16(12-19)24-2;;/h5-7,10,16-17H,3-4,8-9,11-13,19H2,1-2H3,(H,20,22);2*1H. The Hall–Kier alpha value is -1.05. The molecule has 1 amide bonds. The number of hydrogen-bond acceptors (Lipinski definition) is 5. The second kappa shape index (κ2) is 13.2. The number of methoxy groups -OCH3 is 2. The number of halogens is 2. The lowest BCUT2D eigenvalue weighted by atomic mass is 10.0. The SMILES string of the molecule is COc1cccc(C(CNC(=O)CC(CN)OC)N2CCCC2)c1.Cl.Cl. The van der Waals surface area contributed by atoms with Crippen LogP contribution < -0.4 is 15.8 Å². The van der Waals surface area contributed by atoms with Crippen LogP contribution in [0.3, 0.4) is 0 Å². The Balaban J connectivity index is 0.00000312. The minimum Gasteiger partial charge on any atom is -0.497 e. The van der Waals surface area contributed by atoms with E-state index in [0.717, 1.165) is 18.8 Å². The van der Waals surface area contributed by atoms with Crippen molar-refractivity contribution in [2.75, 3.05) is 40.4 Å². The van der Waals surface area contributed by atoms with Crippen LogP contribution in [0.4, 0.5) is 0 Å². The second-order valence-electron chi connectivity index (χ2n) is 6.14. The van der Waals surface area contributed by atoms with E-state index in [4.69, 9.17) is 15.2 Å². The van der Waals surface area contributed by atoms with Crippen molar-refractivity contribution in [3.8, 4) is 5.75 Å². The van der Waals surface area contributed by atoms with E-state index in [2.05, 4.69) is 16.3 Å². The van der Waals surface area contributed by atoms with Gasteiger partial charge in [-0.1, -0.05) is 12.1 Å². The summed E-state index contributed by atoms with van der Waals surface area (Å²) in [5.74, 6) is 0.810. The number of nitrogens with zero attached hydrogens (tertiary/aromatic N) is 1. The van der Waals surface area contributed by atoms with Gasteiger partial charge in [0.2, 0.25) is 5.91 Å². The number of amides is 1. The lowest BCUT2D eigenvalue weighted by molar-refractivity contribution is -0.123. The molecule has 0 aliphatic carbocycles. The molecule has 0 aromatic heterocycles. The molecule has 2 rings (SSSR count). The molecule has 1 heterocycles. The topological polar surface area (TPSA) is 76.8 Å². The van der Waals surface area contributed by atoms with Crippen LogP contribution in [0.15, 0.2) is 24.3 Å². The van der Waals surface area contributed by atoms with E-state index < -0.39 is 0 Å². The van der Waals surface area contributed by atoms with Gasteiger partial charge >= 0.3 is 0 Å². The Bertz CT molecular complexity index is 524. The molecule has 0 radical (unpaired) electrons. The number of rotatable bonds is 9. The molecule has 1 aromatic rings. The van der Waals surface area contributed by atoms with Crippen LogP contribution in [0.2, 0.25) is 0 Å². The molecule has 1 saturated heterocycles. The molecule has 26 heavy (non-hydrogen) atoms. The maximum atomic E-state index is 12.2. The first-order valence-corrected chi connectivity index (χ1v) is 8.55. The van der Waals surface area contributed by atoms with Gasteiger partial charge in [0.1, 0.15) is 5.75 Å². The number of nitrogens with two attached hydrogens (primary N) is 1. The zero-order valence-electron chi connectivity index (χ0n) is 15.5. The summed E-state index contributed by atoms with van der Waals surface area (Å²) in [6, 6.07) is 8.23. The maximum absolute atomic E-state index is 12.2. The highest BCUT2D eigenvalue weighted by Gasteiger charge is 2.24. The Morgan fingerprint density at radius 3 is 2.54 bits per heavy atom. The summed E-state index contributed by atoms with van der Waals surface area (Å²) in [7, 11) is 3.25. The van der Waals surface area contributed by atoms with Gasteiger partial charge in [-0.3, -0.25) is 9.69 Å². The van der Waals surface area contributed by atoms with Crippen LogP contribution in [0.5, 0.6) is 5.75 Å². The predicted molar refractivity (Wildman–Crippen MR) is 109 cm³/mol. The van der Waals surface area contributed by atoms with Crippen molar-refractivity contribution in [1.29, 1.82) is 0 Å². The van der Waals surface area contributed by atoms with E-state index in [9.17, 15) is 4.79 Å². The Kier molecular flexibility index (Phi) is 12.6. The molecule has 3 N–H and O–H groups in total. The van der Waals surface area contributed by atoms with Gasteiger partial charge in [0.25, 0.3) is 0 Å². The first-order valence-electron chi connectivity index (χ1n) is 8.55. The highest BCUT2D eigenvalue weighted by Crippen LogP contribution is 2.27. The third-order valence-corrected chi connectivity index (χ3v) is 4.56. The average molecular weight is 408 g/mol. The summed E-state index contributed by atoms with van der Waals surface area (Å²) >= 11 is 0. The van der Waals surface area contributed by atoms with E-state index in [-0.39, 0.29) is 49.3 Å². The fraction of sp³-hybridized carbons (Fsp3) is 0.611. The largest absolute Gasteiger partial charge is 0.497 e. The van der Waals surface area contributed by atoms with Gasteiger partial charge < -0.3 is 20.5 Å². The summed E-state index contributed by atoms with van der Waals surface area (Å²) in [4.78, 5) is 14.6. The normalized spacial score (nSPS) is 16.1. The first-order chi connectivity index (χ1) is 11.7. The summed E-state index contributed by atoms with van der Waals surface area (Å²) in [6.07, 6.45) is 2.46. The van der Waals surface area contributed by atoms with Crippen molar-refractivity contribution in [1.82, 2.24) is 10.2 Å². The molecule has 0 spiro atoms. The zero-order chi connectivity index (χ0) is 17.4. The summed E-state index contributed by atoms with van der Waals surface area (Å²) in [6.45, 7) is 3.03. The van der Waals surface area contributed by atoms with Crippen molar-refractivity contribution in [3.63, 3.8) is 0 Å². The van der Waals surface area contributed by atoms with Crippen molar-refractivity contribution in [2.45, 2.75) is 31.4 Å². The Morgan fingerprint density at radius 2 is 1.96 bits per heavy atom. The van der Waals surface area contributed by atoms with Crippen LogP contribution in [0.25, 0.3) is 0 Å². The van der Waals surface area contributed by atoms with Crippen LogP contribution in [0.1, 0.15) is 30.9 Å². The zero-order valence-corrected chi connectivity index (χ0v) is 17.1. The highest BCUT2D eigenvalue weighted by atomic mass is 35.5. The number of hydrogen-bond donors (Lipinski definition) is 2. The summed E-state index contributed by atoms with van der Waals surface area (Å²) in [5.41, 5.74) is 6.75. The predicted octanol–water partition coefficient (Wildman–Crippen LogP) is 2.16. The van der Waals surface area contributed by atoms with E-state index in [0.29, 0.717) is 13.1 Å². The van der Waals surface area contributed by atoms with Gasteiger partial charge in [0.15, 0.2) is 0 Å². The van der Waals surface area contributed by atoms with Crippen LogP contribution in [-0.2, 0) is 9.53 Å². The molecule has 8 heteroatoms. The molecule has 2 unspecified atom stereocenters. The fourth-order valence-corrected chi connectivity index (χ4v) is 3.11. The van der Waals surface area contributed by atoms with Gasteiger partial charge in [-0.25, -0.2) is 0 Å². The molecule has 6 nitrogen and oxygen atoms in total. The molecule has 1 fully saturated rings. The van der Waals surface area contributed by atoms with Crippen LogP contribution >= 0.6 is 24.8 Å². The third kappa shape index (κ3) is 7.29. The highest BCUT2D eigenvalue weighted by molar-refractivity contribution is 5.85. The maximum Gasteiger partial charge on any atom is 0.222 e. The number of benzene rings is 1. The molecule has 150 valence electrons. The summed E-state index contributed by atoms with van der Waals surface area (Å²) in [5, 5.41) is 3.04. The van der Waals surface area contributed by atoms with E-state index in [1.54, 1.807) is 14.2 Å². The molecule has 1 aliphatic rings. The number of carbonyl (C=O) groups is 1. The first kappa shape index (κ1) is 24.9. The molecular formula is C18H31Cl2N3O3. The smallest absolute Gasteiger partial charge is 0.222 e. The fourth-order valence-electron chi connectivity index (χ4n) is 3.11. The van der Waals surface area contributed by atoms with Crippen LogP contribution in [0, 0.1) is 0 Å². The van der Waals surface area contributed by atoms with Gasteiger partial charge in [-0.05, 0) is 43.6 Å². The lowest BCUT2D eigenvalue weighted by Gasteiger charge is -2.28. The van der Waals surface area contributed by atoms with E-state index >= 15 is 0 Å². The molecular weight excluding hydrogens is 377 g/mol. The Morgan fingerprint density at radius 1 is 1.27 bits per heavy atom. The second-order valence-corrected chi connectivity index (χ2v) is 6.14. The monoisotopic (exact) mass is 407 g/mol. The van der Waals surface area contributed by atoms with Crippen molar-refractivity contribution >= 4 is 30.7 Å². The van der Waals surface area contributed by atoms with Gasteiger partial charge in [-0.2, -0.15) is 0 Å². The molecule has 0 saturated carbocycles. The Labute approximate surface area is 168 Å². The minimum atomic E-state index is -0.230. The van der Waals surface area contributed by atoms with Crippen molar-refractivity contribution in [3.05, 3.63) is 29.8 Å². The van der Waals surface area contributed by atoms with E-state index in [1.165, 1.54) is 18.4 Å². The number of nitrogens with one attached hydrogen (secondary N) is 1. The van der Waals surface area contributed by atoms with Gasteiger partial charge in [0, 0.05) is 20.2 Å². The lowest BCUT2D eigenvalue weighted by Crippen LogP contribution is -2.38. The molecule has 0 bridgehead atoms. The van der Waals surface area contributed by atoms with Crippen LogP contribution in [-0.4, -0.2) is 57.3 Å². The summed E-state index contributed by atoms with van der Waals surface area (Å²) < 4.78 is 10.5. The quantitative estimate of drug-likeness (QED) is 0.655. The van der Waals surface area contributed by atoms with Crippen molar-refractivity contribution in [2.24, 2.45) is 5.73 Å². The molecule has 2 atom stereocenters. The number of likely N-dealkylation sites (tertiary alicyclic amines) is 1. The minimum absolute atomic E-state index is 0. The third-order valence-electron chi connectivity index (χ3n) is 4.56. The molecule has 1 aliphatic heterocycles. The van der Waals surface area contributed by atoms with E-state index in [1.807, 2.05) is 18.2 Å². The van der Waals surface area contributed by atoms with Crippen molar-refractivity contribution < 1.29 is 14.3 Å². The van der Waals surface area contributed by atoms with Gasteiger partial charge in [-0.15, -0.1) is 24.8 Å².